The van der Waals surface area contributed by atoms with Crippen LogP contribution in [0.3, 0.4) is 0 Å². The maximum Gasteiger partial charge on any atom is 0.216 e. The van der Waals surface area contributed by atoms with Crippen LogP contribution in [0.25, 0.3) is 0 Å². The quantitative estimate of drug-likeness (QED) is 0.637. The van der Waals surface area contributed by atoms with E-state index in [1.165, 1.54) is 19.1 Å². The van der Waals surface area contributed by atoms with Crippen LogP contribution in [0.1, 0.15) is 18.6 Å². The number of amides is 1. The van der Waals surface area contributed by atoms with E-state index in [1.807, 2.05) is 0 Å². The first-order valence-corrected chi connectivity index (χ1v) is 5.39. The highest BCUT2D eigenvalue weighted by molar-refractivity contribution is 6.32. The van der Waals surface area contributed by atoms with E-state index < -0.39 is 12.2 Å². The van der Waals surface area contributed by atoms with Gasteiger partial charge in [0.1, 0.15) is 18.0 Å². The van der Waals surface area contributed by atoms with E-state index in [2.05, 4.69) is 5.32 Å². The SMILES string of the molecule is CC(=O)NCC(O)C(O)c1cccc(Cl)c1O. The Bertz CT molecular complexity index is 410. The molecule has 4 N–H and O–H groups in total. The number of rotatable bonds is 4. The summed E-state index contributed by atoms with van der Waals surface area (Å²) < 4.78 is 0. The van der Waals surface area contributed by atoms with Crippen molar-refractivity contribution in [1.29, 1.82) is 0 Å². The number of hydrogen-bond donors (Lipinski definition) is 4. The van der Waals surface area contributed by atoms with Crippen molar-refractivity contribution < 1.29 is 20.1 Å². The van der Waals surface area contributed by atoms with Gasteiger partial charge in [-0.15, -0.1) is 0 Å². The van der Waals surface area contributed by atoms with Gasteiger partial charge in [-0.1, -0.05) is 23.7 Å². The zero-order valence-electron chi connectivity index (χ0n) is 9.22. The second-order valence-electron chi connectivity index (χ2n) is 3.63. The van der Waals surface area contributed by atoms with Crippen LogP contribution in [0.5, 0.6) is 5.75 Å². The van der Waals surface area contributed by atoms with Gasteiger partial charge in [0.05, 0.1) is 5.02 Å². The topological polar surface area (TPSA) is 89.8 Å². The molecule has 0 saturated carbocycles. The average molecular weight is 260 g/mol. The van der Waals surface area contributed by atoms with Crippen LogP contribution in [-0.2, 0) is 4.79 Å². The number of para-hydroxylation sites is 1. The second-order valence-corrected chi connectivity index (χ2v) is 4.03. The van der Waals surface area contributed by atoms with Crippen LogP contribution < -0.4 is 5.32 Å². The summed E-state index contributed by atoms with van der Waals surface area (Å²) in [7, 11) is 0. The third-order valence-corrected chi connectivity index (χ3v) is 2.57. The van der Waals surface area contributed by atoms with Crippen molar-refractivity contribution in [2.45, 2.75) is 19.1 Å². The van der Waals surface area contributed by atoms with Crippen LogP contribution in [0, 0.1) is 0 Å². The molecule has 0 radical (unpaired) electrons. The predicted molar refractivity (Wildman–Crippen MR) is 62.8 cm³/mol. The Morgan fingerprint density at radius 2 is 2.12 bits per heavy atom. The maximum absolute atomic E-state index is 10.7. The Labute approximate surface area is 104 Å². The average Bonchev–Trinajstić information content (AvgIpc) is 2.28. The van der Waals surface area contributed by atoms with Crippen molar-refractivity contribution >= 4 is 17.5 Å². The highest BCUT2D eigenvalue weighted by Crippen LogP contribution is 2.32. The summed E-state index contributed by atoms with van der Waals surface area (Å²) in [5, 5.41) is 31.5. The van der Waals surface area contributed by atoms with E-state index in [0.717, 1.165) is 0 Å². The third-order valence-electron chi connectivity index (χ3n) is 2.26. The lowest BCUT2D eigenvalue weighted by atomic mass is 10.0. The van der Waals surface area contributed by atoms with Gasteiger partial charge in [0.2, 0.25) is 5.91 Å². The van der Waals surface area contributed by atoms with E-state index >= 15 is 0 Å². The molecule has 0 aliphatic rings. The molecule has 0 heterocycles. The molecule has 94 valence electrons. The van der Waals surface area contributed by atoms with Crippen molar-refractivity contribution in [3.63, 3.8) is 0 Å². The van der Waals surface area contributed by atoms with Crippen LogP contribution in [0.2, 0.25) is 5.02 Å². The number of carbonyl (C=O) groups is 1. The molecule has 0 saturated heterocycles. The van der Waals surface area contributed by atoms with Crippen LogP contribution in [-0.4, -0.2) is 33.9 Å². The van der Waals surface area contributed by atoms with Gasteiger partial charge in [-0.2, -0.15) is 0 Å². The van der Waals surface area contributed by atoms with Crippen molar-refractivity contribution in [3.8, 4) is 5.75 Å². The standard InChI is InChI=1S/C11H14ClNO4/c1-6(14)13-5-9(15)11(17)7-3-2-4-8(12)10(7)16/h2-4,9,11,15-17H,5H2,1H3,(H,13,14). The maximum atomic E-state index is 10.7. The number of nitrogens with one attached hydrogen (secondary N) is 1. The van der Waals surface area contributed by atoms with E-state index in [9.17, 15) is 20.1 Å². The first kappa shape index (κ1) is 13.8. The molecular formula is C11H14ClNO4. The molecule has 0 aliphatic carbocycles. The van der Waals surface area contributed by atoms with Gasteiger partial charge >= 0.3 is 0 Å². The van der Waals surface area contributed by atoms with Crippen molar-refractivity contribution in [1.82, 2.24) is 5.32 Å². The Hall–Kier alpha value is -1.30. The first-order valence-electron chi connectivity index (χ1n) is 5.01. The van der Waals surface area contributed by atoms with E-state index in [0.29, 0.717) is 0 Å². The summed E-state index contributed by atoms with van der Waals surface area (Å²) in [6, 6.07) is 4.46. The molecule has 1 aromatic carbocycles. The highest BCUT2D eigenvalue weighted by Gasteiger charge is 2.22. The monoisotopic (exact) mass is 259 g/mol. The van der Waals surface area contributed by atoms with E-state index in [-0.39, 0.29) is 28.8 Å². The molecule has 2 unspecified atom stereocenters. The fraction of sp³-hybridized carbons (Fsp3) is 0.364. The Kier molecular flexibility index (Phi) is 4.74. The minimum absolute atomic E-state index is 0.0910. The number of carbonyl (C=O) groups excluding carboxylic acids is 1. The number of phenols is 1. The summed E-state index contributed by atoms with van der Waals surface area (Å²) in [5.41, 5.74) is 0.121. The second kappa shape index (κ2) is 5.86. The molecule has 5 nitrogen and oxygen atoms in total. The largest absolute Gasteiger partial charge is 0.506 e. The molecule has 0 aromatic heterocycles. The highest BCUT2D eigenvalue weighted by atomic mass is 35.5. The number of benzene rings is 1. The molecule has 1 aromatic rings. The van der Waals surface area contributed by atoms with Crippen molar-refractivity contribution in [2.24, 2.45) is 0 Å². The predicted octanol–water partition coefficient (Wildman–Crippen LogP) is 0.576. The first-order chi connectivity index (χ1) is 7.93. The van der Waals surface area contributed by atoms with Gasteiger partial charge in [-0.05, 0) is 6.07 Å². The molecule has 2 atom stereocenters. The smallest absolute Gasteiger partial charge is 0.216 e. The molecule has 1 rings (SSSR count). The molecule has 6 heteroatoms. The molecular weight excluding hydrogens is 246 g/mol. The molecule has 0 aliphatic heterocycles. The summed E-state index contributed by atoms with van der Waals surface area (Å²) >= 11 is 5.68. The minimum Gasteiger partial charge on any atom is -0.506 e. The summed E-state index contributed by atoms with van der Waals surface area (Å²) in [4.78, 5) is 10.7. The summed E-state index contributed by atoms with van der Waals surface area (Å²) in [5.74, 6) is -0.588. The molecule has 0 spiro atoms. The lowest BCUT2D eigenvalue weighted by molar-refractivity contribution is -0.119. The third kappa shape index (κ3) is 3.59. The van der Waals surface area contributed by atoms with Crippen molar-refractivity contribution in [3.05, 3.63) is 28.8 Å². The molecule has 1 amide bonds. The van der Waals surface area contributed by atoms with Crippen molar-refractivity contribution in [2.75, 3.05) is 6.54 Å². The number of phenolic OH excluding ortho intramolecular Hbond substituents is 1. The van der Waals surface area contributed by atoms with E-state index in [4.69, 9.17) is 11.6 Å². The van der Waals surface area contributed by atoms with Gasteiger partial charge in [0, 0.05) is 19.0 Å². The van der Waals surface area contributed by atoms with Crippen LogP contribution in [0.15, 0.2) is 18.2 Å². The Balaban J connectivity index is 2.77. The molecule has 0 bridgehead atoms. The number of aromatic hydroxyl groups is 1. The fourth-order valence-corrected chi connectivity index (χ4v) is 1.52. The number of hydrogen-bond acceptors (Lipinski definition) is 4. The molecule has 0 fully saturated rings. The zero-order chi connectivity index (χ0) is 13.0. The normalized spacial score (nSPS) is 14.1. The summed E-state index contributed by atoms with van der Waals surface area (Å²) in [6.07, 6.45) is -2.54. The summed E-state index contributed by atoms with van der Waals surface area (Å²) in [6.45, 7) is 1.19. The van der Waals surface area contributed by atoms with E-state index in [1.54, 1.807) is 6.07 Å². The van der Waals surface area contributed by atoms with Gasteiger partial charge in [-0.3, -0.25) is 4.79 Å². The van der Waals surface area contributed by atoms with Gasteiger partial charge in [-0.25, -0.2) is 0 Å². The minimum atomic E-state index is -1.32. The lowest BCUT2D eigenvalue weighted by Crippen LogP contribution is -2.34. The van der Waals surface area contributed by atoms with Crippen LogP contribution >= 0.6 is 11.6 Å². The Morgan fingerprint density at radius 1 is 1.47 bits per heavy atom. The number of aliphatic hydroxyl groups is 2. The molecule has 17 heavy (non-hydrogen) atoms. The lowest BCUT2D eigenvalue weighted by Gasteiger charge is -2.19. The van der Waals surface area contributed by atoms with Gasteiger partial charge in [0.25, 0.3) is 0 Å². The van der Waals surface area contributed by atoms with Gasteiger partial charge < -0.3 is 20.6 Å². The van der Waals surface area contributed by atoms with Gasteiger partial charge in [0.15, 0.2) is 0 Å². The fourth-order valence-electron chi connectivity index (χ4n) is 1.34. The zero-order valence-corrected chi connectivity index (χ0v) is 9.98. The number of aliphatic hydroxyl groups excluding tert-OH is 2. The van der Waals surface area contributed by atoms with Crippen LogP contribution in [0.4, 0.5) is 0 Å². The number of halogens is 1. The Morgan fingerprint density at radius 3 is 2.71 bits per heavy atom.